The molecule has 0 spiro atoms. The van der Waals surface area contributed by atoms with Gasteiger partial charge in [-0.15, -0.1) is 0 Å². The number of benzene rings is 1. The summed E-state index contributed by atoms with van der Waals surface area (Å²) < 4.78 is 0. The fourth-order valence-electron chi connectivity index (χ4n) is 3.65. The minimum Gasteiger partial charge on any atom is -0.354 e. The molecule has 124 valence electrons. The van der Waals surface area contributed by atoms with Gasteiger partial charge in [-0.05, 0) is 24.8 Å². The van der Waals surface area contributed by atoms with Gasteiger partial charge in [0.1, 0.15) is 0 Å². The van der Waals surface area contributed by atoms with Gasteiger partial charge in [0.25, 0.3) is 0 Å². The Labute approximate surface area is 141 Å². The van der Waals surface area contributed by atoms with Crippen molar-refractivity contribution in [2.45, 2.75) is 38.5 Å². The number of anilines is 2. The molecule has 2 heterocycles. The van der Waals surface area contributed by atoms with E-state index in [9.17, 15) is 4.79 Å². The molecule has 0 atom stereocenters. The minimum absolute atomic E-state index is 0.0206. The SMILES string of the molecule is O=C1Cc2cnc(NCC3CCCCC3)nc2-c2ccccc2N1. The number of carbonyl (C=O) groups excluding carboxylic acids is 1. The Morgan fingerprint density at radius 1 is 1.17 bits per heavy atom. The Morgan fingerprint density at radius 3 is 2.88 bits per heavy atom. The zero-order valence-electron chi connectivity index (χ0n) is 13.7. The maximum atomic E-state index is 12.0. The van der Waals surface area contributed by atoms with Gasteiger partial charge in [0.2, 0.25) is 11.9 Å². The standard InChI is InChI=1S/C19H22N4O/c24-17-10-14-12-21-19(20-11-13-6-2-1-3-7-13)23-18(14)15-8-4-5-9-16(15)22-17/h4-5,8-9,12-13H,1-3,6-7,10-11H2,(H,22,24)(H,20,21,23). The van der Waals surface area contributed by atoms with E-state index in [1.807, 2.05) is 24.3 Å². The Kier molecular flexibility index (Phi) is 4.15. The third kappa shape index (κ3) is 3.11. The summed E-state index contributed by atoms with van der Waals surface area (Å²) in [5.41, 5.74) is 3.51. The van der Waals surface area contributed by atoms with Crippen molar-refractivity contribution in [1.29, 1.82) is 0 Å². The summed E-state index contributed by atoms with van der Waals surface area (Å²) in [6.07, 6.45) is 8.71. The van der Waals surface area contributed by atoms with Crippen LogP contribution in [0.15, 0.2) is 30.5 Å². The van der Waals surface area contributed by atoms with Crippen LogP contribution in [0.1, 0.15) is 37.7 Å². The normalized spacial score (nSPS) is 17.4. The summed E-state index contributed by atoms with van der Waals surface area (Å²) in [4.78, 5) is 21.2. The van der Waals surface area contributed by atoms with Crippen LogP contribution in [0, 0.1) is 5.92 Å². The van der Waals surface area contributed by atoms with E-state index in [-0.39, 0.29) is 5.91 Å². The molecule has 0 bridgehead atoms. The van der Waals surface area contributed by atoms with E-state index in [1.165, 1.54) is 32.1 Å². The van der Waals surface area contributed by atoms with E-state index in [0.29, 0.717) is 12.4 Å². The van der Waals surface area contributed by atoms with Gasteiger partial charge < -0.3 is 10.6 Å². The van der Waals surface area contributed by atoms with Gasteiger partial charge in [0, 0.05) is 23.9 Å². The molecule has 1 aromatic carbocycles. The van der Waals surface area contributed by atoms with Crippen LogP contribution in [-0.2, 0) is 11.2 Å². The molecule has 5 heteroatoms. The molecule has 1 amide bonds. The lowest BCUT2D eigenvalue weighted by molar-refractivity contribution is -0.115. The molecule has 2 N–H and O–H groups in total. The van der Waals surface area contributed by atoms with Gasteiger partial charge in [0.15, 0.2) is 0 Å². The second-order valence-corrected chi connectivity index (χ2v) is 6.72. The van der Waals surface area contributed by atoms with Crippen LogP contribution in [0.4, 0.5) is 11.6 Å². The van der Waals surface area contributed by atoms with Crippen molar-refractivity contribution in [2.75, 3.05) is 17.2 Å². The number of amides is 1. The molecule has 0 unspecified atom stereocenters. The third-order valence-electron chi connectivity index (χ3n) is 4.95. The molecule has 4 rings (SSSR count). The predicted molar refractivity (Wildman–Crippen MR) is 94.9 cm³/mol. The average Bonchev–Trinajstić information content (AvgIpc) is 2.76. The smallest absolute Gasteiger partial charge is 0.228 e. The molecule has 1 aromatic heterocycles. The number of nitrogens with zero attached hydrogens (tertiary/aromatic N) is 2. The second-order valence-electron chi connectivity index (χ2n) is 6.72. The average molecular weight is 322 g/mol. The number of rotatable bonds is 3. The van der Waals surface area contributed by atoms with Crippen molar-refractivity contribution in [3.8, 4) is 11.3 Å². The lowest BCUT2D eigenvalue weighted by atomic mass is 9.89. The first-order chi connectivity index (χ1) is 11.8. The highest BCUT2D eigenvalue weighted by Gasteiger charge is 2.21. The zero-order chi connectivity index (χ0) is 16.4. The van der Waals surface area contributed by atoms with Crippen LogP contribution in [0.25, 0.3) is 11.3 Å². The van der Waals surface area contributed by atoms with E-state index < -0.39 is 0 Å². The topological polar surface area (TPSA) is 66.9 Å². The maximum absolute atomic E-state index is 12.0. The molecular formula is C19H22N4O. The number of fused-ring (bicyclic) bond motifs is 3. The van der Waals surface area contributed by atoms with E-state index in [2.05, 4.69) is 15.6 Å². The number of nitrogens with one attached hydrogen (secondary N) is 2. The lowest BCUT2D eigenvalue weighted by Gasteiger charge is -2.21. The molecule has 0 radical (unpaired) electrons. The Hall–Kier alpha value is -2.43. The zero-order valence-corrected chi connectivity index (χ0v) is 13.7. The van der Waals surface area contributed by atoms with Crippen molar-refractivity contribution < 1.29 is 4.79 Å². The number of hydrogen-bond acceptors (Lipinski definition) is 4. The van der Waals surface area contributed by atoms with E-state index in [0.717, 1.165) is 35.0 Å². The van der Waals surface area contributed by atoms with Crippen molar-refractivity contribution >= 4 is 17.5 Å². The van der Waals surface area contributed by atoms with Gasteiger partial charge in [-0.3, -0.25) is 4.79 Å². The van der Waals surface area contributed by atoms with Gasteiger partial charge in [-0.1, -0.05) is 37.5 Å². The fraction of sp³-hybridized carbons (Fsp3) is 0.421. The summed E-state index contributed by atoms with van der Waals surface area (Å²) >= 11 is 0. The number of aromatic nitrogens is 2. The van der Waals surface area contributed by atoms with Crippen LogP contribution < -0.4 is 10.6 Å². The first kappa shape index (κ1) is 15.1. The van der Waals surface area contributed by atoms with Crippen LogP contribution in [0.2, 0.25) is 0 Å². The number of para-hydroxylation sites is 1. The Morgan fingerprint density at radius 2 is 2.00 bits per heavy atom. The quantitative estimate of drug-likeness (QED) is 0.905. The molecule has 2 aliphatic rings. The fourth-order valence-corrected chi connectivity index (χ4v) is 3.65. The number of hydrogen-bond donors (Lipinski definition) is 2. The molecule has 0 saturated heterocycles. The Balaban J connectivity index is 1.60. The van der Waals surface area contributed by atoms with E-state index >= 15 is 0 Å². The highest BCUT2D eigenvalue weighted by molar-refractivity contribution is 5.99. The van der Waals surface area contributed by atoms with Crippen LogP contribution in [0.5, 0.6) is 0 Å². The first-order valence-electron chi connectivity index (χ1n) is 8.78. The minimum atomic E-state index is -0.0206. The highest BCUT2D eigenvalue weighted by Crippen LogP contribution is 2.32. The molecular weight excluding hydrogens is 300 g/mol. The van der Waals surface area contributed by atoms with Crippen molar-refractivity contribution in [3.05, 3.63) is 36.0 Å². The predicted octanol–water partition coefficient (Wildman–Crippen LogP) is 3.63. The largest absolute Gasteiger partial charge is 0.354 e. The molecule has 1 aliphatic heterocycles. The maximum Gasteiger partial charge on any atom is 0.228 e. The monoisotopic (exact) mass is 322 g/mol. The summed E-state index contributed by atoms with van der Waals surface area (Å²) in [5.74, 6) is 1.35. The van der Waals surface area contributed by atoms with Crippen molar-refractivity contribution in [3.63, 3.8) is 0 Å². The lowest BCUT2D eigenvalue weighted by Crippen LogP contribution is -2.18. The summed E-state index contributed by atoms with van der Waals surface area (Å²) in [5, 5.41) is 6.34. The van der Waals surface area contributed by atoms with Gasteiger partial charge in [-0.25, -0.2) is 9.97 Å². The van der Waals surface area contributed by atoms with Crippen molar-refractivity contribution in [1.82, 2.24) is 9.97 Å². The van der Waals surface area contributed by atoms with Crippen LogP contribution >= 0.6 is 0 Å². The highest BCUT2D eigenvalue weighted by atomic mass is 16.1. The number of carbonyl (C=O) groups is 1. The van der Waals surface area contributed by atoms with Crippen LogP contribution in [0.3, 0.4) is 0 Å². The Bertz CT molecular complexity index is 753. The molecule has 1 saturated carbocycles. The molecule has 24 heavy (non-hydrogen) atoms. The molecule has 2 aromatic rings. The summed E-state index contributed by atoms with van der Waals surface area (Å²) in [6, 6.07) is 7.81. The van der Waals surface area contributed by atoms with Crippen molar-refractivity contribution in [2.24, 2.45) is 5.92 Å². The van der Waals surface area contributed by atoms with E-state index in [1.54, 1.807) is 6.20 Å². The van der Waals surface area contributed by atoms with Gasteiger partial charge in [0.05, 0.1) is 17.8 Å². The summed E-state index contributed by atoms with van der Waals surface area (Å²) in [6.45, 7) is 0.928. The summed E-state index contributed by atoms with van der Waals surface area (Å²) in [7, 11) is 0. The molecule has 1 fully saturated rings. The van der Waals surface area contributed by atoms with Gasteiger partial charge in [-0.2, -0.15) is 0 Å². The second kappa shape index (κ2) is 6.59. The van der Waals surface area contributed by atoms with Gasteiger partial charge >= 0.3 is 0 Å². The van der Waals surface area contributed by atoms with Crippen LogP contribution in [-0.4, -0.2) is 22.4 Å². The molecule has 5 nitrogen and oxygen atoms in total. The molecule has 1 aliphatic carbocycles. The van der Waals surface area contributed by atoms with E-state index in [4.69, 9.17) is 4.98 Å². The first-order valence-corrected chi connectivity index (χ1v) is 8.78. The third-order valence-corrected chi connectivity index (χ3v) is 4.95.